The zero-order valence-electron chi connectivity index (χ0n) is 12.8. The minimum Gasteiger partial charge on any atom is -0.395 e. The van der Waals surface area contributed by atoms with Gasteiger partial charge in [-0.3, -0.25) is 9.69 Å². The molecule has 1 unspecified atom stereocenters. The number of piperazine rings is 1. The van der Waals surface area contributed by atoms with Crippen molar-refractivity contribution in [2.45, 2.75) is 39.2 Å². The van der Waals surface area contributed by atoms with E-state index in [4.69, 9.17) is 4.52 Å². The number of aryl methyl sites for hydroxylation is 2. The van der Waals surface area contributed by atoms with E-state index in [1.54, 1.807) is 6.92 Å². The molecule has 0 bridgehead atoms. The maximum atomic E-state index is 12.2. The number of carbonyl (C=O) groups excluding carboxylic acids is 1. The van der Waals surface area contributed by atoms with Crippen LogP contribution in [-0.2, 0) is 11.2 Å². The molecule has 7 heteroatoms. The second-order valence-corrected chi connectivity index (χ2v) is 5.40. The van der Waals surface area contributed by atoms with Crippen LogP contribution in [0.15, 0.2) is 4.52 Å². The number of aliphatic hydroxyl groups excluding tert-OH is 1. The molecule has 2 heterocycles. The molecule has 7 nitrogen and oxygen atoms in total. The molecule has 0 radical (unpaired) electrons. The molecular weight excluding hydrogens is 272 g/mol. The van der Waals surface area contributed by atoms with Crippen molar-refractivity contribution in [3.05, 3.63) is 11.7 Å². The molecule has 1 saturated heterocycles. The van der Waals surface area contributed by atoms with E-state index in [9.17, 15) is 9.90 Å². The molecule has 0 spiro atoms. The zero-order valence-corrected chi connectivity index (χ0v) is 12.8. The molecule has 1 fully saturated rings. The molecule has 1 aliphatic rings. The lowest BCUT2D eigenvalue weighted by molar-refractivity contribution is -0.133. The van der Waals surface area contributed by atoms with Gasteiger partial charge in [-0.15, -0.1) is 0 Å². The van der Waals surface area contributed by atoms with E-state index in [0.717, 1.165) is 32.6 Å². The van der Waals surface area contributed by atoms with Gasteiger partial charge in [0.1, 0.15) is 0 Å². The second-order valence-electron chi connectivity index (χ2n) is 5.40. The van der Waals surface area contributed by atoms with Crippen molar-refractivity contribution < 1.29 is 14.4 Å². The Kier molecular flexibility index (Phi) is 5.69. The van der Waals surface area contributed by atoms with Crippen LogP contribution in [0.1, 0.15) is 31.5 Å². The normalized spacial score (nSPS) is 18.0. The Hall–Kier alpha value is -1.47. The average Bonchev–Trinajstić information content (AvgIpc) is 2.92. The highest BCUT2D eigenvalue weighted by Gasteiger charge is 2.24. The van der Waals surface area contributed by atoms with Gasteiger partial charge in [-0.05, 0) is 13.3 Å². The summed E-state index contributed by atoms with van der Waals surface area (Å²) >= 11 is 0. The Morgan fingerprint density at radius 3 is 2.62 bits per heavy atom. The Balaban J connectivity index is 1.75. The number of amides is 1. The van der Waals surface area contributed by atoms with E-state index < -0.39 is 0 Å². The molecule has 1 aromatic heterocycles. The molecule has 0 saturated carbocycles. The van der Waals surface area contributed by atoms with Crippen LogP contribution in [0, 0.1) is 6.92 Å². The van der Waals surface area contributed by atoms with E-state index in [2.05, 4.69) is 22.0 Å². The first kappa shape index (κ1) is 15.9. The Bertz CT molecular complexity index is 451. The highest BCUT2D eigenvalue weighted by Crippen LogP contribution is 2.11. The van der Waals surface area contributed by atoms with Crippen molar-refractivity contribution in [2.75, 3.05) is 32.8 Å². The summed E-state index contributed by atoms with van der Waals surface area (Å²) < 4.78 is 5.01. The molecule has 1 atom stereocenters. The summed E-state index contributed by atoms with van der Waals surface area (Å²) in [5.41, 5.74) is 0. The average molecular weight is 296 g/mol. The van der Waals surface area contributed by atoms with Crippen LogP contribution in [-0.4, -0.2) is 69.8 Å². The Morgan fingerprint density at radius 2 is 2.10 bits per heavy atom. The lowest BCUT2D eigenvalue weighted by Crippen LogP contribution is -2.52. The van der Waals surface area contributed by atoms with Crippen LogP contribution in [0.5, 0.6) is 0 Å². The highest BCUT2D eigenvalue weighted by atomic mass is 16.5. The number of aromatic nitrogens is 2. The Morgan fingerprint density at radius 1 is 1.38 bits per heavy atom. The van der Waals surface area contributed by atoms with Gasteiger partial charge in [-0.25, -0.2) is 0 Å². The fourth-order valence-corrected chi connectivity index (χ4v) is 2.65. The van der Waals surface area contributed by atoms with E-state index in [1.165, 1.54) is 0 Å². The number of nitrogens with zero attached hydrogens (tertiary/aromatic N) is 4. The van der Waals surface area contributed by atoms with Gasteiger partial charge in [0.25, 0.3) is 0 Å². The first-order valence-electron chi connectivity index (χ1n) is 7.56. The van der Waals surface area contributed by atoms with Crippen LogP contribution in [0.2, 0.25) is 0 Å². The van der Waals surface area contributed by atoms with Gasteiger partial charge in [-0.2, -0.15) is 4.98 Å². The van der Waals surface area contributed by atoms with Gasteiger partial charge in [-0.1, -0.05) is 12.1 Å². The molecule has 21 heavy (non-hydrogen) atoms. The zero-order chi connectivity index (χ0) is 15.2. The van der Waals surface area contributed by atoms with E-state index >= 15 is 0 Å². The van der Waals surface area contributed by atoms with Gasteiger partial charge in [0, 0.05) is 45.1 Å². The molecule has 1 aromatic rings. The minimum absolute atomic E-state index is 0.127. The number of carbonyl (C=O) groups is 1. The number of hydrogen-bond acceptors (Lipinski definition) is 6. The monoisotopic (exact) mass is 296 g/mol. The standard InChI is InChI=1S/C14H24N4O3/c1-3-12(10-19)17-6-8-18(9-7-17)14(20)5-4-13-15-11(2)16-21-13/h12,19H,3-10H2,1-2H3. The summed E-state index contributed by atoms with van der Waals surface area (Å²) in [5, 5.41) is 13.0. The van der Waals surface area contributed by atoms with Crippen LogP contribution >= 0.6 is 0 Å². The van der Waals surface area contributed by atoms with Gasteiger partial charge < -0.3 is 14.5 Å². The molecular formula is C14H24N4O3. The summed E-state index contributed by atoms with van der Waals surface area (Å²) in [5.74, 6) is 1.24. The van der Waals surface area contributed by atoms with Gasteiger partial charge in [0.15, 0.2) is 5.82 Å². The second kappa shape index (κ2) is 7.51. The quantitative estimate of drug-likeness (QED) is 0.809. The van der Waals surface area contributed by atoms with Crippen LogP contribution in [0.3, 0.4) is 0 Å². The first-order chi connectivity index (χ1) is 10.1. The number of hydrogen-bond donors (Lipinski definition) is 1. The SMILES string of the molecule is CCC(CO)N1CCN(C(=O)CCc2nc(C)no2)CC1. The van der Waals surface area contributed by atoms with E-state index in [1.807, 2.05) is 4.90 Å². The molecule has 1 amide bonds. The molecule has 1 N–H and O–H groups in total. The third kappa shape index (κ3) is 4.25. The minimum atomic E-state index is 0.127. The van der Waals surface area contributed by atoms with Crippen molar-refractivity contribution in [3.8, 4) is 0 Å². The number of rotatable bonds is 6. The number of aliphatic hydroxyl groups is 1. The summed E-state index contributed by atoms with van der Waals surface area (Å²) in [6, 6.07) is 0.212. The summed E-state index contributed by atoms with van der Waals surface area (Å²) in [6.07, 6.45) is 1.83. The third-order valence-electron chi connectivity index (χ3n) is 3.99. The van der Waals surface area contributed by atoms with Crippen LogP contribution in [0.25, 0.3) is 0 Å². The maximum absolute atomic E-state index is 12.2. The largest absolute Gasteiger partial charge is 0.395 e. The molecule has 2 rings (SSSR count). The lowest BCUT2D eigenvalue weighted by Gasteiger charge is -2.38. The van der Waals surface area contributed by atoms with Crippen LogP contribution < -0.4 is 0 Å². The first-order valence-corrected chi connectivity index (χ1v) is 7.56. The predicted molar refractivity (Wildman–Crippen MR) is 76.7 cm³/mol. The van der Waals surface area contributed by atoms with E-state index in [-0.39, 0.29) is 18.6 Å². The lowest BCUT2D eigenvalue weighted by atomic mass is 10.1. The van der Waals surface area contributed by atoms with Crippen molar-refractivity contribution in [2.24, 2.45) is 0 Å². The predicted octanol–water partition coefficient (Wildman–Crippen LogP) is 0.226. The van der Waals surface area contributed by atoms with E-state index in [0.29, 0.717) is 24.6 Å². The van der Waals surface area contributed by atoms with Crippen LogP contribution in [0.4, 0.5) is 0 Å². The Labute approximate surface area is 124 Å². The van der Waals surface area contributed by atoms with Crippen molar-refractivity contribution in [3.63, 3.8) is 0 Å². The fourth-order valence-electron chi connectivity index (χ4n) is 2.65. The smallest absolute Gasteiger partial charge is 0.227 e. The molecule has 1 aliphatic heterocycles. The van der Waals surface area contributed by atoms with Gasteiger partial charge >= 0.3 is 0 Å². The van der Waals surface area contributed by atoms with Crippen molar-refractivity contribution >= 4 is 5.91 Å². The van der Waals surface area contributed by atoms with Crippen molar-refractivity contribution in [1.29, 1.82) is 0 Å². The highest BCUT2D eigenvalue weighted by molar-refractivity contribution is 5.76. The summed E-state index contributed by atoms with van der Waals surface area (Å²) in [4.78, 5) is 20.4. The topological polar surface area (TPSA) is 82.7 Å². The summed E-state index contributed by atoms with van der Waals surface area (Å²) in [6.45, 7) is 7.11. The molecule has 118 valence electrons. The third-order valence-corrected chi connectivity index (χ3v) is 3.99. The summed E-state index contributed by atoms with van der Waals surface area (Å²) in [7, 11) is 0. The molecule has 0 aromatic carbocycles. The van der Waals surface area contributed by atoms with Crippen molar-refractivity contribution in [1.82, 2.24) is 19.9 Å². The maximum Gasteiger partial charge on any atom is 0.227 e. The van der Waals surface area contributed by atoms with Gasteiger partial charge in [0.05, 0.1) is 6.61 Å². The fraction of sp³-hybridized carbons (Fsp3) is 0.786. The van der Waals surface area contributed by atoms with Gasteiger partial charge in [0.2, 0.25) is 11.8 Å². The molecule has 0 aliphatic carbocycles.